The summed E-state index contributed by atoms with van der Waals surface area (Å²) < 4.78 is 49.7. The number of ether oxygens (including phenoxy) is 1. The second kappa shape index (κ2) is 9.99. The third-order valence-corrected chi connectivity index (χ3v) is 6.40. The molecule has 0 N–H and O–H groups in total. The van der Waals surface area contributed by atoms with Crippen molar-refractivity contribution in [1.82, 2.24) is 15.0 Å². The summed E-state index contributed by atoms with van der Waals surface area (Å²) in [5.74, 6) is 0.218. The van der Waals surface area contributed by atoms with Crippen LogP contribution in [0, 0.1) is 5.92 Å². The zero-order chi connectivity index (χ0) is 22.6. The Hall–Kier alpha value is -2.14. The minimum absolute atomic E-state index is 0.00152. The molecule has 0 bridgehead atoms. The first-order valence-corrected chi connectivity index (χ1v) is 11.2. The van der Waals surface area contributed by atoms with Gasteiger partial charge in [-0.25, -0.2) is 0 Å². The van der Waals surface area contributed by atoms with Gasteiger partial charge in [-0.2, -0.15) is 18.2 Å². The normalized spacial score (nSPS) is 16.2. The maximum atomic E-state index is 12.9. The molecule has 1 aromatic heterocycles. The van der Waals surface area contributed by atoms with Gasteiger partial charge in [0.2, 0.25) is 5.82 Å². The predicted octanol–water partition coefficient (Wildman–Crippen LogP) is 5.11. The van der Waals surface area contributed by atoms with Crippen molar-refractivity contribution < 1.29 is 27.2 Å². The Bertz CT molecular complexity index is 928. The van der Waals surface area contributed by atoms with Crippen molar-refractivity contribution in [3.63, 3.8) is 0 Å². The average Bonchev–Trinajstić information content (AvgIpc) is 3.22. The van der Waals surface area contributed by atoms with E-state index in [-0.39, 0.29) is 23.0 Å². The van der Waals surface area contributed by atoms with Crippen molar-refractivity contribution in [1.29, 1.82) is 0 Å². The van der Waals surface area contributed by atoms with Crippen LogP contribution in [0.4, 0.5) is 13.2 Å². The van der Waals surface area contributed by atoms with Crippen LogP contribution in [-0.4, -0.2) is 44.2 Å². The highest BCUT2D eigenvalue weighted by Gasteiger charge is 2.31. The van der Waals surface area contributed by atoms with Gasteiger partial charge >= 0.3 is 12.1 Å². The maximum absolute atomic E-state index is 12.9. The molecule has 31 heavy (non-hydrogen) atoms. The van der Waals surface area contributed by atoms with Crippen LogP contribution in [0.15, 0.2) is 28.8 Å². The molecule has 0 amide bonds. The fourth-order valence-electron chi connectivity index (χ4n) is 3.04. The van der Waals surface area contributed by atoms with Gasteiger partial charge in [-0.3, -0.25) is 4.79 Å². The Balaban J connectivity index is 1.53. The van der Waals surface area contributed by atoms with Gasteiger partial charge in [-0.05, 0) is 37.8 Å². The van der Waals surface area contributed by atoms with Crippen molar-refractivity contribution in [2.45, 2.75) is 39.0 Å². The first kappa shape index (κ1) is 23.5. The predicted molar refractivity (Wildman–Crippen MR) is 114 cm³/mol. The molecular weight excluding hydrogens is 451 g/mol. The molecule has 1 fully saturated rings. The van der Waals surface area contributed by atoms with Gasteiger partial charge in [0, 0.05) is 18.7 Å². The van der Waals surface area contributed by atoms with Crippen LogP contribution in [0.3, 0.4) is 0 Å². The third kappa shape index (κ3) is 6.42. The molecular formula is C20H22F3N3O3S2. The molecule has 1 aliphatic heterocycles. The highest BCUT2D eigenvalue weighted by atomic mass is 32.2. The molecule has 1 aliphatic rings. The molecule has 1 unspecified atom stereocenters. The highest BCUT2D eigenvalue weighted by molar-refractivity contribution is 8.23. The second-order valence-corrected chi connectivity index (χ2v) is 9.00. The smallest absolute Gasteiger partial charge is 0.416 e. The van der Waals surface area contributed by atoms with Gasteiger partial charge in [-0.15, -0.1) is 0 Å². The minimum atomic E-state index is -4.48. The molecule has 2 heterocycles. The van der Waals surface area contributed by atoms with Gasteiger partial charge in [0.05, 0.1) is 11.3 Å². The number of aromatic nitrogens is 2. The van der Waals surface area contributed by atoms with E-state index in [0.29, 0.717) is 10.2 Å². The summed E-state index contributed by atoms with van der Waals surface area (Å²) in [7, 11) is 0. The molecule has 168 valence electrons. The van der Waals surface area contributed by atoms with Crippen molar-refractivity contribution >= 4 is 34.3 Å². The van der Waals surface area contributed by atoms with Gasteiger partial charge < -0.3 is 14.2 Å². The van der Waals surface area contributed by atoms with E-state index in [1.165, 1.54) is 23.9 Å². The van der Waals surface area contributed by atoms with Gasteiger partial charge in [0.15, 0.2) is 6.10 Å². The maximum Gasteiger partial charge on any atom is 0.416 e. The van der Waals surface area contributed by atoms with Crippen molar-refractivity contribution in [2.75, 3.05) is 18.8 Å². The zero-order valence-corrected chi connectivity index (χ0v) is 18.6. The van der Waals surface area contributed by atoms with Gasteiger partial charge in [0.25, 0.3) is 5.89 Å². The number of alkyl halides is 3. The molecule has 2 aromatic rings. The van der Waals surface area contributed by atoms with E-state index in [9.17, 15) is 18.0 Å². The lowest BCUT2D eigenvalue weighted by atomic mass is 10.00. The first-order valence-electron chi connectivity index (χ1n) is 9.76. The van der Waals surface area contributed by atoms with E-state index in [0.717, 1.165) is 38.1 Å². The van der Waals surface area contributed by atoms with Crippen LogP contribution in [0.1, 0.15) is 44.2 Å². The first-order chi connectivity index (χ1) is 14.6. The number of hydrogen-bond donors (Lipinski definition) is 0. The third-order valence-electron chi connectivity index (χ3n) is 4.90. The van der Waals surface area contributed by atoms with Crippen LogP contribution in [0.25, 0.3) is 11.4 Å². The number of carbonyl (C=O) groups is 1. The number of benzene rings is 1. The minimum Gasteiger partial charge on any atom is -0.452 e. The fraction of sp³-hybridized carbons (Fsp3) is 0.500. The zero-order valence-electron chi connectivity index (χ0n) is 17.0. The molecule has 0 saturated carbocycles. The Morgan fingerprint density at radius 2 is 2.10 bits per heavy atom. The lowest BCUT2D eigenvalue weighted by Crippen LogP contribution is -2.35. The number of hydrogen-bond acceptors (Lipinski definition) is 7. The van der Waals surface area contributed by atoms with Crippen LogP contribution in [0.5, 0.6) is 0 Å². The molecule has 0 radical (unpaired) electrons. The van der Waals surface area contributed by atoms with Crippen molar-refractivity contribution in [3.8, 4) is 11.4 Å². The van der Waals surface area contributed by atoms with Crippen LogP contribution < -0.4 is 0 Å². The summed E-state index contributed by atoms with van der Waals surface area (Å²) in [6, 6.07) is 4.60. The monoisotopic (exact) mass is 473 g/mol. The number of halogens is 3. The lowest BCUT2D eigenvalue weighted by molar-refractivity contribution is -0.146. The van der Waals surface area contributed by atoms with Gasteiger partial charge in [-0.1, -0.05) is 48.2 Å². The Morgan fingerprint density at radius 1 is 1.39 bits per heavy atom. The number of thiocarbonyl (C=S) groups is 1. The molecule has 0 spiro atoms. The molecule has 0 aliphatic carbocycles. The van der Waals surface area contributed by atoms with Gasteiger partial charge in [0.1, 0.15) is 4.32 Å². The number of carbonyl (C=O) groups excluding carboxylic acids is 1. The molecule has 11 heteroatoms. The summed E-state index contributed by atoms with van der Waals surface area (Å²) >= 11 is 6.64. The average molecular weight is 474 g/mol. The fourth-order valence-corrected chi connectivity index (χ4v) is 4.07. The van der Waals surface area contributed by atoms with Crippen molar-refractivity contribution in [2.24, 2.45) is 5.92 Å². The SMILES string of the molecule is CC1CCN(C(=S)SCC(=O)OC(C)c2nc(-c3cccc(C(F)(F)F)c3)no2)CC1. The molecule has 1 aromatic carbocycles. The Labute approximate surface area is 187 Å². The summed E-state index contributed by atoms with van der Waals surface area (Å²) in [5.41, 5.74) is -0.660. The Morgan fingerprint density at radius 3 is 2.77 bits per heavy atom. The van der Waals surface area contributed by atoms with E-state index in [1.807, 2.05) is 0 Å². The molecule has 3 rings (SSSR count). The number of nitrogens with zero attached hydrogens (tertiary/aromatic N) is 3. The number of thioether (sulfide) groups is 1. The second-order valence-electron chi connectivity index (χ2n) is 7.39. The summed E-state index contributed by atoms with van der Waals surface area (Å²) in [6.07, 6.45) is -3.17. The molecule has 1 atom stereocenters. The van der Waals surface area contributed by atoms with E-state index in [2.05, 4.69) is 22.0 Å². The van der Waals surface area contributed by atoms with E-state index in [1.54, 1.807) is 6.92 Å². The highest BCUT2D eigenvalue weighted by Crippen LogP contribution is 2.32. The number of likely N-dealkylation sites (tertiary alicyclic amines) is 1. The quantitative estimate of drug-likeness (QED) is 0.438. The molecule has 1 saturated heterocycles. The lowest BCUT2D eigenvalue weighted by Gasteiger charge is -2.31. The Kier molecular flexibility index (Phi) is 7.58. The van der Waals surface area contributed by atoms with Crippen LogP contribution in [0.2, 0.25) is 0 Å². The summed E-state index contributed by atoms with van der Waals surface area (Å²) in [6.45, 7) is 5.54. The number of rotatable bonds is 5. The van der Waals surface area contributed by atoms with Crippen LogP contribution >= 0.6 is 24.0 Å². The van der Waals surface area contributed by atoms with E-state index < -0.39 is 23.8 Å². The van der Waals surface area contributed by atoms with Crippen molar-refractivity contribution in [3.05, 3.63) is 35.7 Å². The number of piperidine rings is 1. The largest absolute Gasteiger partial charge is 0.452 e. The van der Waals surface area contributed by atoms with E-state index >= 15 is 0 Å². The molecule has 6 nitrogen and oxygen atoms in total. The topological polar surface area (TPSA) is 68.5 Å². The number of esters is 1. The standard InChI is InChI=1S/C20H22F3N3O3S2/c1-12-6-8-26(9-7-12)19(30)31-11-16(27)28-13(2)18-24-17(25-29-18)14-4-3-5-15(10-14)20(21,22)23/h3-5,10,12-13H,6-9,11H2,1-2H3. The summed E-state index contributed by atoms with van der Waals surface area (Å²) in [4.78, 5) is 18.3. The van der Waals surface area contributed by atoms with Crippen LogP contribution in [-0.2, 0) is 15.7 Å². The van der Waals surface area contributed by atoms with E-state index in [4.69, 9.17) is 21.5 Å². The summed E-state index contributed by atoms with van der Waals surface area (Å²) in [5, 5.41) is 3.70.